The molecular formula is C12H24N2OS. The lowest BCUT2D eigenvalue weighted by molar-refractivity contribution is 0.123. The summed E-state index contributed by atoms with van der Waals surface area (Å²) in [6.07, 6.45) is 8.45. The fraction of sp³-hybridized carbons (Fsp3) is 0.917. The van der Waals surface area contributed by atoms with E-state index >= 15 is 0 Å². The molecule has 1 aliphatic carbocycles. The van der Waals surface area contributed by atoms with Crippen LogP contribution < -0.4 is 5.73 Å². The van der Waals surface area contributed by atoms with E-state index in [9.17, 15) is 0 Å². The van der Waals surface area contributed by atoms with Crippen molar-refractivity contribution in [2.24, 2.45) is 5.73 Å². The SMILES string of the molecule is NC(=S)CCCN(CCO)C1CCCCC1. The molecular weight excluding hydrogens is 220 g/mol. The van der Waals surface area contributed by atoms with Crippen molar-refractivity contribution in [1.82, 2.24) is 4.90 Å². The average molecular weight is 244 g/mol. The Morgan fingerprint density at radius 3 is 2.50 bits per heavy atom. The lowest BCUT2D eigenvalue weighted by Crippen LogP contribution is -2.39. The zero-order valence-electron chi connectivity index (χ0n) is 10.0. The molecule has 0 radical (unpaired) electrons. The summed E-state index contributed by atoms with van der Waals surface area (Å²) in [5.41, 5.74) is 5.49. The quantitative estimate of drug-likeness (QED) is 0.669. The third-order valence-corrected chi connectivity index (χ3v) is 3.55. The van der Waals surface area contributed by atoms with E-state index < -0.39 is 0 Å². The van der Waals surface area contributed by atoms with Gasteiger partial charge >= 0.3 is 0 Å². The Labute approximate surface area is 104 Å². The number of aliphatic hydroxyl groups excluding tert-OH is 1. The second-order valence-corrected chi connectivity index (χ2v) is 5.15. The minimum atomic E-state index is 0.254. The Morgan fingerprint density at radius 2 is 1.94 bits per heavy atom. The first-order valence-electron chi connectivity index (χ1n) is 6.37. The molecule has 3 N–H and O–H groups in total. The van der Waals surface area contributed by atoms with Crippen molar-refractivity contribution in [1.29, 1.82) is 0 Å². The van der Waals surface area contributed by atoms with E-state index in [2.05, 4.69) is 4.90 Å². The van der Waals surface area contributed by atoms with Gasteiger partial charge in [0.05, 0.1) is 11.6 Å². The molecule has 0 bridgehead atoms. The topological polar surface area (TPSA) is 49.5 Å². The normalized spacial score (nSPS) is 17.9. The Balaban J connectivity index is 2.30. The standard InChI is InChI=1S/C12H24N2OS/c13-12(16)7-4-8-14(9-10-15)11-5-2-1-3-6-11/h11,15H,1-10H2,(H2,13,16). The van der Waals surface area contributed by atoms with E-state index in [-0.39, 0.29) is 6.61 Å². The summed E-state index contributed by atoms with van der Waals surface area (Å²) in [6, 6.07) is 0.673. The fourth-order valence-corrected chi connectivity index (χ4v) is 2.65. The van der Waals surface area contributed by atoms with Gasteiger partial charge in [0, 0.05) is 12.6 Å². The Hall–Kier alpha value is -0.190. The van der Waals surface area contributed by atoms with Crippen LogP contribution in [0.2, 0.25) is 0 Å². The Bertz CT molecular complexity index is 205. The number of aliphatic hydroxyl groups is 1. The molecule has 0 unspecified atom stereocenters. The molecule has 1 fully saturated rings. The molecule has 3 nitrogen and oxygen atoms in total. The van der Waals surface area contributed by atoms with Crippen LogP contribution in [0.3, 0.4) is 0 Å². The predicted octanol–water partition coefficient (Wildman–Crippen LogP) is 1.68. The first-order valence-corrected chi connectivity index (χ1v) is 6.78. The zero-order valence-corrected chi connectivity index (χ0v) is 10.8. The largest absolute Gasteiger partial charge is 0.395 e. The predicted molar refractivity (Wildman–Crippen MR) is 71.6 cm³/mol. The monoisotopic (exact) mass is 244 g/mol. The maximum absolute atomic E-state index is 9.08. The van der Waals surface area contributed by atoms with Crippen LogP contribution in [0, 0.1) is 0 Å². The summed E-state index contributed by atoms with van der Waals surface area (Å²) in [5, 5.41) is 9.08. The van der Waals surface area contributed by atoms with Gasteiger partial charge in [-0.15, -0.1) is 0 Å². The Morgan fingerprint density at radius 1 is 1.25 bits per heavy atom. The first kappa shape index (κ1) is 13.9. The van der Waals surface area contributed by atoms with Crippen LogP contribution in [0.15, 0.2) is 0 Å². The van der Waals surface area contributed by atoms with Crippen LogP contribution in [-0.2, 0) is 0 Å². The molecule has 0 heterocycles. The van der Waals surface area contributed by atoms with Crippen molar-refractivity contribution in [3.8, 4) is 0 Å². The summed E-state index contributed by atoms with van der Waals surface area (Å²) in [4.78, 5) is 3.02. The second-order valence-electron chi connectivity index (χ2n) is 4.62. The third-order valence-electron chi connectivity index (χ3n) is 3.35. The fourth-order valence-electron chi connectivity index (χ4n) is 2.51. The highest BCUT2D eigenvalue weighted by Gasteiger charge is 2.19. The summed E-state index contributed by atoms with van der Waals surface area (Å²) < 4.78 is 0. The highest BCUT2D eigenvalue weighted by atomic mass is 32.1. The minimum Gasteiger partial charge on any atom is -0.395 e. The van der Waals surface area contributed by atoms with Gasteiger partial charge in [0.15, 0.2) is 0 Å². The van der Waals surface area contributed by atoms with E-state index in [0.717, 1.165) is 25.9 Å². The molecule has 0 saturated heterocycles. The first-order chi connectivity index (χ1) is 7.74. The number of nitrogens with two attached hydrogens (primary N) is 1. The molecule has 1 aliphatic rings. The van der Waals surface area contributed by atoms with Crippen molar-refractivity contribution in [3.63, 3.8) is 0 Å². The van der Waals surface area contributed by atoms with E-state index in [4.69, 9.17) is 23.1 Å². The van der Waals surface area contributed by atoms with Gasteiger partial charge in [0.2, 0.25) is 0 Å². The van der Waals surface area contributed by atoms with Gasteiger partial charge in [-0.25, -0.2) is 0 Å². The van der Waals surface area contributed by atoms with Crippen molar-refractivity contribution < 1.29 is 5.11 Å². The molecule has 0 amide bonds. The highest BCUT2D eigenvalue weighted by Crippen LogP contribution is 2.22. The van der Waals surface area contributed by atoms with E-state index in [1.54, 1.807) is 0 Å². The van der Waals surface area contributed by atoms with Crippen molar-refractivity contribution in [2.45, 2.75) is 51.0 Å². The molecule has 0 aliphatic heterocycles. The number of hydrogen-bond donors (Lipinski definition) is 2. The average Bonchev–Trinajstić information content (AvgIpc) is 2.29. The lowest BCUT2D eigenvalue weighted by Gasteiger charge is -2.33. The number of hydrogen-bond acceptors (Lipinski definition) is 3. The van der Waals surface area contributed by atoms with Gasteiger partial charge in [0.1, 0.15) is 0 Å². The van der Waals surface area contributed by atoms with Crippen LogP contribution in [0.1, 0.15) is 44.9 Å². The minimum absolute atomic E-state index is 0.254. The van der Waals surface area contributed by atoms with Crippen molar-refractivity contribution in [3.05, 3.63) is 0 Å². The van der Waals surface area contributed by atoms with Gasteiger partial charge in [-0.1, -0.05) is 31.5 Å². The molecule has 0 aromatic rings. The summed E-state index contributed by atoms with van der Waals surface area (Å²) in [6.45, 7) is 2.06. The second kappa shape index (κ2) is 7.98. The smallest absolute Gasteiger partial charge is 0.0727 e. The number of rotatable bonds is 7. The molecule has 0 aromatic carbocycles. The molecule has 4 heteroatoms. The highest BCUT2D eigenvalue weighted by molar-refractivity contribution is 7.80. The Kier molecular flexibility index (Phi) is 6.92. The van der Waals surface area contributed by atoms with E-state index in [1.807, 2.05) is 0 Å². The van der Waals surface area contributed by atoms with Gasteiger partial charge in [-0.2, -0.15) is 0 Å². The summed E-state index contributed by atoms with van der Waals surface area (Å²) >= 11 is 4.88. The molecule has 94 valence electrons. The number of thiocarbonyl (C=S) groups is 1. The molecule has 1 rings (SSSR count). The van der Waals surface area contributed by atoms with Gasteiger partial charge in [-0.05, 0) is 32.2 Å². The number of nitrogens with zero attached hydrogens (tertiary/aromatic N) is 1. The zero-order chi connectivity index (χ0) is 11.8. The maximum atomic E-state index is 9.08. The van der Waals surface area contributed by atoms with Gasteiger partial charge in [-0.3, -0.25) is 4.90 Å². The summed E-state index contributed by atoms with van der Waals surface area (Å²) in [7, 11) is 0. The van der Waals surface area contributed by atoms with Crippen LogP contribution in [0.5, 0.6) is 0 Å². The van der Waals surface area contributed by atoms with Crippen molar-refractivity contribution in [2.75, 3.05) is 19.7 Å². The van der Waals surface area contributed by atoms with Crippen LogP contribution in [0.4, 0.5) is 0 Å². The van der Waals surface area contributed by atoms with Gasteiger partial charge in [0.25, 0.3) is 0 Å². The maximum Gasteiger partial charge on any atom is 0.0727 e. The van der Waals surface area contributed by atoms with Crippen LogP contribution >= 0.6 is 12.2 Å². The lowest BCUT2D eigenvalue weighted by atomic mass is 9.94. The van der Waals surface area contributed by atoms with Crippen LogP contribution in [0.25, 0.3) is 0 Å². The van der Waals surface area contributed by atoms with Gasteiger partial charge < -0.3 is 10.8 Å². The summed E-state index contributed by atoms with van der Waals surface area (Å²) in [5.74, 6) is 0. The molecule has 0 spiro atoms. The van der Waals surface area contributed by atoms with E-state index in [0.29, 0.717) is 11.0 Å². The molecule has 0 atom stereocenters. The molecule has 0 aromatic heterocycles. The van der Waals surface area contributed by atoms with Crippen LogP contribution in [-0.4, -0.2) is 40.7 Å². The third kappa shape index (κ3) is 5.23. The molecule has 1 saturated carbocycles. The van der Waals surface area contributed by atoms with Crippen molar-refractivity contribution >= 4 is 17.2 Å². The molecule has 16 heavy (non-hydrogen) atoms. The van der Waals surface area contributed by atoms with E-state index in [1.165, 1.54) is 32.1 Å².